The lowest BCUT2D eigenvalue weighted by Gasteiger charge is -2.05. The molecule has 2 nitrogen and oxygen atoms in total. The summed E-state index contributed by atoms with van der Waals surface area (Å²) in [5, 5.41) is 3.31. The lowest BCUT2D eigenvalue weighted by Crippen LogP contribution is -2.15. The van der Waals surface area contributed by atoms with E-state index in [1.165, 1.54) is 12.0 Å². The quantitative estimate of drug-likeness (QED) is 0.645. The van der Waals surface area contributed by atoms with Gasteiger partial charge in [-0.05, 0) is 19.9 Å². The molecule has 1 saturated heterocycles. The van der Waals surface area contributed by atoms with Gasteiger partial charge in [0, 0.05) is 19.1 Å². The average molecular weight is 169 g/mol. The van der Waals surface area contributed by atoms with E-state index in [0.29, 0.717) is 5.92 Å². The van der Waals surface area contributed by atoms with Crippen LogP contribution < -0.4 is 5.32 Å². The smallest absolute Gasteiger partial charge is 0.0529 e. The van der Waals surface area contributed by atoms with Gasteiger partial charge < -0.3 is 10.1 Å². The molecule has 1 atom stereocenters. The second kappa shape index (κ2) is 5.33. The molecule has 1 unspecified atom stereocenters. The van der Waals surface area contributed by atoms with Gasteiger partial charge in [0.2, 0.25) is 0 Å². The third-order valence-electron chi connectivity index (χ3n) is 2.14. The minimum Gasteiger partial charge on any atom is -0.381 e. The lowest BCUT2D eigenvalue weighted by molar-refractivity contribution is 0.191. The molecule has 0 aromatic rings. The van der Waals surface area contributed by atoms with Crippen LogP contribution in [0.2, 0.25) is 0 Å². The Hall–Kier alpha value is -0.340. The summed E-state index contributed by atoms with van der Waals surface area (Å²) in [5.41, 5.74) is 1.44. The van der Waals surface area contributed by atoms with Crippen molar-refractivity contribution in [3.8, 4) is 0 Å². The largest absolute Gasteiger partial charge is 0.381 e. The summed E-state index contributed by atoms with van der Waals surface area (Å²) in [6.07, 6.45) is 3.54. The van der Waals surface area contributed by atoms with E-state index in [-0.39, 0.29) is 0 Å². The zero-order chi connectivity index (χ0) is 8.81. The van der Waals surface area contributed by atoms with Crippen molar-refractivity contribution in [2.24, 2.45) is 5.92 Å². The van der Waals surface area contributed by atoms with Gasteiger partial charge >= 0.3 is 0 Å². The van der Waals surface area contributed by atoms with Gasteiger partial charge in [0.15, 0.2) is 0 Å². The highest BCUT2D eigenvalue weighted by Gasteiger charge is 2.12. The minimum absolute atomic E-state index is 0.670. The molecule has 12 heavy (non-hydrogen) atoms. The zero-order valence-electron chi connectivity index (χ0n) is 8.10. The van der Waals surface area contributed by atoms with Crippen LogP contribution in [-0.2, 0) is 4.74 Å². The molecule has 1 fully saturated rings. The first-order valence-corrected chi connectivity index (χ1v) is 4.78. The van der Waals surface area contributed by atoms with E-state index in [0.717, 1.165) is 26.3 Å². The Morgan fingerprint density at radius 3 is 3.08 bits per heavy atom. The first-order chi connectivity index (χ1) is 5.83. The van der Waals surface area contributed by atoms with Crippen molar-refractivity contribution >= 4 is 0 Å². The molecule has 1 aliphatic heterocycles. The molecule has 0 saturated carbocycles. The van der Waals surface area contributed by atoms with Crippen LogP contribution in [0.3, 0.4) is 0 Å². The van der Waals surface area contributed by atoms with Gasteiger partial charge in [-0.15, -0.1) is 0 Å². The zero-order valence-corrected chi connectivity index (χ0v) is 8.10. The van der Waals surface area contributed by atoms with Gasteiger partial charge in [-0.1, -0.05) is 18.6 Å². The number of hydrogen-bond acceptors (Lipinski definition) is 2. The van der Waals surface area contributed by atoms with Gasteiger partial charge in [-0.3, -0.25) is 0 Å². The molecule has 70 valence electrons. The highest BCUT2D eigenvalue weighted by atomic mass is 16.5. The highest BCUT2D eigenvalue weighted by molar-refractivity contribution is 5.03. The number of nitrogens with one attached hydrogen (secondary N) is 1. The summed E-state index contributed by atoms with van der Waals surface area (Å²) in [7, 11) is 0. The molecule has 0 aliphatic carbocycles. The highest BCUT2D eigenvalue weighted by Crippen LogP contribution is 2.15. The number of ether oxygens (including phenoxy) is 1. The van der Waals surface area contributed by atoms with Crippen LogP contribution >= 0.6 is 0 Å². The molecule has 0 spiro atoms. The van der Waals surface area contributed by atoms with Crippen molar-refractivity contribution in [3.05, 3.63) is 11.6 Å². The molecule has 0 radical (unpaired) electrons. The van der Waals surface area contributed by atoms with E-state index in [2.05, 4.69) is 25.2 Å². The molecule has 0 aromatic heterocycles. The normalized spacial score (nSPS) is 24.8. The Labute approximate surface area is 75.0 Å². The van der Waals surface area contributed by atoms with Crippen molar-refractivity contribution in [2.45, 2.75) is 20.3 Å². The van der Waals surface area contributed by atoms with Gasteiger partial charge in [-0.2, -0.15) is 0 Å². The fourth-order valence-electron chi connectivity index (χ4n) is 1.47. The third-order valence-corrected chi connectivity index (χ3v) is 2.14. The summed E-state index contributed by atoms with van der Waals surface area (Å²) in [4.78, 5) is 0. The molecule has 1 N–H and O–H groups in total. The monoisotopic (exact) mass is 169 g/mol. The lowest BCUT2D eigenvalue weighted by atomic mass is 10.1. The van der Waals surface area contributed by atoms with Gasteiger partial charge in [0.05, 0.1) is 6.61 Å². The summed E-state index contributed by atoms with van der Waals surface area (Å²) in [6, 6.07) is 0. The number of likely N-dealkylation sites (N-methyl/N-ethyl adjacent to an activating group) is 1. The molecular weight excluding hydrogens is 150 g/mol. The second-order valence-electron chi connectivity index (χ2n) is 3.42. The molecule has 1 heterocycles. The summed E-state index contributed by atoms with van der Waals surface area (Å²) >= 11 is 0. The van der Waals surface area contributed by atoms with Crippen LogP contribution in [0.1, 0.15) is 20.3 Å². The first kappa shape index (κ1) is 9.75. The van der Waals surface area contributed by atoms with Crippen LogP contribution in [0.5, 0.6) is 0 Å². The van der Waals surface area contributed by atoms with Crippen LogP contribution in [0.25, 0.3) is 0 Å². The van der Waals surface area contributed by atoms with Crippen molar-refractivity contribution in [1.82, 2.24) is 5.32 Å². The SMILES string of the molecule is CCNCC(C)=CC1CCOC1. The fraction of sp³-hybridized carbons (Fsp3) is 0.800. The molecule has 0 aromatic carbocycles. The standard InChI is InChI=1S/C10H19NO/c1-3-11-7-9(2)6-10-4-5-12-8-10/h6,10-11H,3-5,7-8H2,1-2H3. The van der Waals surface area contributed by atoms with E-state index in [1.807, 2.05) is 0 Å². The molecule has 0 amide bonds. The number of hydrogen-bond donors (Lipinski definition) is 1. The molecule has 1 rings (SSSR count). The molecule has 2 heteroatoms. The van der Waals surface area contributed by atoms with Gasteiger partial charge in [0.1, 0.15) is 0 Å². The fourth-order valence-corrected chi connectivity index (χ4v) is 1.47. The Kier molecular flexibility index (Phi) is 4.33. The topological polar surface area (TPSA) is 21.3 Å². The summed E-state index contributed by atoms with van der Waals surface area (Å²) in [6.45, 7) is 8.24. The Morgan fingerprint density at radius 2 is 2.50 bits per heavy atom. The van der Waals surface area contributed by atoms with Crippen LogP contribution in [0.15, 0.2) is 11.6 Å². The molecule has 0 bridgehead atoms. The van der Waals surface area contributed by atoms with Crippen molar-refractivity contribution in [2.75, 3.05) is 26.3 Å². The Bertz CT molecular complexity index is 148. The molecular formula is C10H19NO. The molecule has 1 aliphatic rings. The minimum atomic E-state index is 0.670. The second-order valence-corrected chi connectivity index (χ2v) is 3.42. The van der Waals surface area contributed by atoms with Crippen molar-refractivity contribution in [3.63, 3.8) is 0 Å². The summed E-state index contributed by atoms with van der Waals surface area (Å²) < 4.78 is 5.30. The van der Waals surface area contributed by atoms with E-state index in [1.54, 1.807) is 0 Å². The summed E-state index contributed by atoms with van der Waals surface area (Å²) in [5.74, 6) is 0.670. The van der Waals surface area contributed by atoms with Gasteiger partial charge in [0.25, 0.3) is 0 Å². The number of rotatable bonds is 4. The Morgan fingerprint density at radius 1 is 1.67 bits per heavy atom. The van der Waals surface area contributed by atoms with Crippen molar-refractivity contribution in [1.29, 1.82) is 0 Å². The maximum atomic E-state index is 5.30. The average Bonchev–Trinajstić information content (AvgIpc) is 2.53. The van der Waals surface area contributed by atoms with Crippen LogP contribution in [-0.4, -0.2) is 26.3 Å². The van der Waals surface area contributed by atoms with Crippen LogP contribution in [0, 0.1) is 5.92 Å². The van der Waals surface area contributed by atoms with Gasteiger partial charge in [-0.25, -0.2) is 0 Å². The van der Waals surface area contributed by atoms with Crippen molar-refractivity contribution < 1.29 is 4.74 Å². The maximum absolute atomic E-state index is 5.30. The third kappa shape index (κ3) is 3.37. The van der Waals surface area contributed by atoms with E-state index in [4.69, 9.17) is 4.74 Å². The predicted octanol–water partition coefficient (Wildman–Crippen LogP) is 1.58. The van der Waals surface area contributed by atoms with Crippen LogP contribution in [0.4, 0.5) is 0 Å². The van der Waals surface area contributed by atoms with E-state index >= 15 is 0 Å². The predicted molar refractivity (Wildman–Crippen MR) is 51.2 cm³/mol. The maximum Gasteiger partial charge on any atom is 0.0529 e. The Balaban J connectivity index is 2.23. The van der Waals surface area contributed by atoms with E-state index in [9.17, 15) is 0 Å². The first-order valence-electron chi connectivity index (χ1n) is 4.78. The van der Waals surface area contributed by atoms with E-state index < -0.39 is 0 Å².